The summed E-state index contributed by atoms with van der Waals surface area (Å²) < 4.78 is 1.57. The van der Waals surface area contributed by atoms with Crippen molar-refractivity contribution < 1.29 is 4.79 Å². The molecule has 1 aliphatic rings. The van der Waals surface area contributed by atoms with Gasteiger partial charge >= 0.3 is 0 Å². The van der Waals surface area contributed by atoms with E-state index in [4.69, 9.17) is 0 Å². The van der Waals surface area contributed by atoms with Gasteiger partial charge in [-0.2, -0.15) is 10.4 Å². The summed E-state index contributed by atoms with van der Waals surface area (Å²) in [5.41, 5.74) is 5.42. The van der Waals surface area contributed by atoms with Crippen LogP contribution in [0.25, 0.3) is 0 Å². The summed E-state index contributed by atoms with van der Waals surface area (Å²) in [6, 6.07) is 15.8. The topological polar surface area (TPSA) is 87.2 Å². The lowest BCUT2D eigenvalue weighted by molar-refractivity contribution is 0.0606. The minimum absolute atomic E-state index is 0.230. The third-order valence-corrected chi connectivity index (χ3v) is 5.37. The van der Waals surface area contributed by atoms with Crippen LogP contribution >= 0.6 is 0 Å². The van der Waals surface area contributed by atoms with Crippen LogP contribution in [0.15, 0.2) is 53.8 Å². The van der Waals surface area contributed by atoms with Crippen molar-refractivity contribution in [1.29, 1.82) is 5.26 Å². The fourth-order valence-corrected chi connectivity index (χ4v) is 3.92. The Balaban J connectivity index is 1.59. The fourth-order valence-electron chi connectivity index (χ4n) is 3.92. The molecule has 0 N–H and O–H groups in total. The standard InChI is InChI=1S/C24H24N6O/c1-16-9-17(2)11-20(10-16)21-12-24(3,4)30(27-21)23(31)22-15-29(28-26-22)14-19-8-6-5-7-18(19)13-25/h5-11,15H,12,14H2,1-4H3. The Hall–Kier alpha value is -3.79. The highest BCUT2D eigenvalue weighted by Gasteiger charge is 2.39. The van der Waals surface area contributed by atoms with E-state index in [2.05, 4.69) is 53.5 Å². The third kappa shape index (κ3) is 4.10. The van der Waals surface area contributed by atoms with Gasteiger partial charge in [-0.15, -0.1) is 5.10 Å². The third-order valence-electron chi connectivity index (χ3n) is 5.37. The summed E-state index contributed by atoms with van der Waals surface area (Å²) in [5.74, 6) is -0.288. The van der Waals surface area contributed by atoms with Gasteiger partial charge in [0.2, 0.25) is 0 Å². The minimum atomic E-state index is -0.471. The molecule has 1 aliphatic heterocycles. The number of nitrogens with zero attached hydrogens (tertiary/aromatic N) is 6. The maximum absolute atomic E-state index is 13.2. The molecule has 1 aromatic heterocycles. The van der Waals surface area contributed by atoms with Crippen molar-refractivity contribution in [3.05, 3.63) is 82.2 Å². The lowest BCUT2D eigenvalue weighted by Crippen LogP contribution is -2.41. The van der Waals surface area contributed by atoms with E-state index in [0.29, 0.717) is 18.5 Å². The summed E-state index contributed by atoms with van der Waals surface area (Å²) in [7, 11) is 0. The first kappa shape index (κ1) is 20.5. The highest BCUT2D eigenvalue weighted by Crippen LogP contribution is 2.31. The molecule has 0 aliphatic carbocycles. The molecule has 0 fully saturated rings. The summed E-state index contributed by atoms with van der Waals surface area (Å²) in [4.78, 5) is 13.2. The summed E-state index contributed by atoms with van der Waals surface area (Å²) in [6.07, 6.45) is 2.27. The molecule has 31 heavy (non-hydrogen) atoms. The normalized spacial score (nSPS) is 14.9. The van der Waals surface area contributed by atoms with E-state index in [9.17, 15) is 10.1 Å². The van der Waals surface area contributed by atoms with E-state index in [1.165, 1.54) is 16.1 Å². The van der Waals surface area contributed by atoms with E-state index in [1.54, 1.807) is 16.9 Å². The first-order valence-corrected chi connectivity index (χ1v) is 10.2. The fraction of sp³-hybridized carbons (Fsp3) is 0.292. The van der Waals surface area contributed by atoms with Crippen molar-refractivity contribution in [2.24, 2.45) is 5.10 Å². The Morgan fingerprint density at radius 2 is 1.87 bits per heavy atom. The molecule has 3 aromatic rings. The Bertz CT molecular complexity index is 1210. The Morgan fingerprint density at radius 3 is 2.58 bits per heavy atom. The summed E-state index contributed by atoms with van der Waals surface area (Å²) >= 11 is 0. The van der Waals surface area contributed by atoms with Gasteiger partial charge in [-0.1, -0.05) is 52.7 Å². The van der Waals surface area contributed by atoms with E-state index >= 15 is 0 Å². The molecule has 2 aromatic carbocycles. The van der Waals surface area contributed by atoms with Crippen LogP contribution in [0.4, 0.5) is 0 Å². The van der Waals surface area contributed by atoms with Gasteiger partial charge in [-0.25, -0.2) is 9.69 Å². The van der Waals surface area contributed by atoms with E-state index in [-0.39, 0.29) is 11.6 Å². The molecule has 1 amide bonds. The molecular weight excluding hydrogens is 388 g/mol. The largest absolute Gasteiger partial charge is 0.296 e. The average Bonchev–Trinajstić information content (AvgIpc) is 3.31. The number of hydrogen-bond acceptors (Lipinski definition) is 5. The number of carbonyl (C=O) groups is 1. The molecule has 2 heterocycles. The van der Waals surface area contributed by atoms with Crippen LogP contribution in [0.3, 0.4) is 0 Å². The van der Waals surface area contributed by atoms with Crippen LogP contribution in [0.5, 0.6) is 0 Å². The van der Waals surface area contributed by atoms with Crippen LogP contribution in [0.2, 0.25) is 0 Å². The van der Waals surface area contributed by atoms with Crippen molar-refractivity contribution in [2.45, 2.75) is 46.2 Å². The second-order valence-electron chi connectivity index (χ2n) is 8.60. The summed E-state index contributed by atoms with van der Waals surface area (Å²) in [6.45, 7) is 8.48. The maximum atomic E-state index is 13.2. The zero-order chi connectivity index (χ0) is 22.2. The number of aromatic nitrogens is 3. The molecule has 0 saturated heterocycles. The van der Waals surface area contributed by atoms with Crippen molar-refractivity contribution in [1.82, 2.24) is 20.0 Å². The van der Waals surface area contributed by atoms with E-state index < -0.39 is 5.54 Å². The number of amides is 1. The number of aryl methyl sites for hydroxylation is 2. The lowest BCUT2D eigenvalue weighted by atomic mass is 9.93. The van der Waals surface area contributed by atoms with Gasteiger partial charge in [0.15, 0.2) is 5.69 Å². The molecule has 0 spiro atoms. The molecule has 7 nitrogen and oxygen atoms in total. The van der Waals surface area contributed by atoms with Crippen molar-refractivity contribution in [3.8, 4) is 6.07 Å². The molecular formula is C24H24N6O. The highest BCUT2D eigenvalue weighted by molar-refractivity contribution is 6.05. The Kier molecular flexibility index (Phi) is 5.15. The molecule has 0 bridgehead atoms. The minimum Gasteiger partial charge on any atom is -0.265 e. The van der Waals surface area contributed by atoms with Gasteiger partial charge < -0.3 is 0 Å². The van der Waals surface area contributed by atoms with Gasteiger partial charge in [0.25, 0.3) is 5.91 Å². The predicted octanol–water partition coefficient (Wildman–Crippen LogP) is 3.84. The van der Waals surface area contributed by atoms with Crippen LogP contribution in [0.1, 0.15) is 58.6 Å². The van der Waals surface area contributed by atoms with Gasteiger partial charge in [0.05, 0.1) is 35.6 Å². The van der Waals surface area contributed by atoms with E-state index in [0.717, 1.165) is 16.8 Å². The second kappa shape index (κ2) is 7.80. The van der Waals surface area contributed by atoms with Crippen LogP contribution < -0.4 is 0 Å². The number of carbonyl (C=O) groups excluding carboxylic acids is 1. The molecule has 4 rings (SSSR count). The number of rotatable bonds is 4. The van der Waals surface area contributed by atoms with Gasteiger partial charge in [-0.05, 0) is 44.9 Å². The number of hydrogen-bond donors (Lipinski definition) is 0. The van der Waals surface area contributed by atoms with Crippen LogP contribution in [0, 0.1) is 25.2 Å². The van der Waals surface area contributed by atoms with Crippen LogP contribution in [-0.2, 0) is 6.54 Å². The van der Waals surface area contributed by atoms with Crippen molar-refractivity contribution in [2.75, 3.05) is 0 Å². The Morgan fingerprint density at radius 1 is 1.16 bits per heavy atom. The smallest absolute Gasteiger partial charge is 0.265 e. The monoisotopic (exact) mass is 412 g/mol. The predicted molar refractivity (Wildman–Crippen MR) is 118 cm³/mol. The Labute approximate surface area is 181 Å². The number of nitriles is 1. The molecule has 156 valence electrons. The molecule has 0 radical (unpaired) electrons. The zero-order valence-corrected chi connectivity index (χ0v) is 18.1. The van der Waals surface area contributed by atoms with Gasteiger partial charge in [0, 0.05) is 6.42 Å². The maximum Gasteiger partial charge on any atom is 0.296 e. The molecule has 0 saturated carbocycles. The summed E-state index contributed by atoms with van der Waals surface area (Å²) in [5, 5.41) is 23.6. The van der Waals surface area contributed by atoms with Gasteiger partial charge in [-0.3, -0.25) is 4.79 Å². The van der Waals surface area contributed by atoms with Gasteiger partial charge in [0.1, 0.15) is 0 Å². The van der Waals surface area contributed by atoms with Crippen molar-refractivity contribution in [3.63, 3.8) is 0 Å². The molecule has 0 unspecified atom stereocenters. The molecule has 7 heteroatoms. The zero-order valence-electron chi connectivity index (χ0n) is 18.1. The average molecular weight is 412 g/mol. The lowest BCUT2D eigenvalue weighted by Gasteiger charge is -2.27. The SMILES string of the molecule is Cc1cc(C)cc(C2=NN(C(=O)c3cn(Cc4ccccc4C#N)nn3)C(C)(C)C2)c1. The second-order valence-corrected chi connectivity index (χ2v) is 8.60. The molecule has 0 atom stereocenters. The first-order valence-electron chi connectivity index (χ1n) is 10.2. The van der Waals surface area contributed by atoms with Crippen LogP contribution in [-0.4, -0.2) is 37.2 Å². The van der Waals surface area contributed by atoms with Crippen molar-refractivity contribution >= 4 is 11.6 Å². The van der Waals surface area contributed by atoms with E-state index in [1.807, 2.05) is 32.0 Å². The number of hydrazone groups is 1. The number of benzene rings is 2. The quantitative estimate of drug-likeness (QED) is 0.651. The first-order chi connectivity index (χ1) is 14.8. The highest BCUT2D eigenvalue weighted by atomic mass is 16.2.